The van der Waals surface area contributed by atoms with Gasteiger partial charge in [-0.05, 0) is 35.2 Å². The van der Waals surface area contributed by atoms with Crippen molar-refractivity contribution in [2.24, 2.45) is 0 Å². The van der Waals surface area contributed by atoms with Crippen LogP contribution in [0.3, 0.4) is 0 Å². The van der Waals surface area contributed by atoms with Gasteiger partial charge in [-0.3, -0.25) is 14.4 Å². The Balaban J connectivity index is 1.71. The predicted octanol–water partition coefficient (Wildman–Crippen LogP) is 3.29. The number of rotatable bonds is 8. The molecular weight excluding hydrogens is 384 g/mol. The Labute approximate surface area is 176 Å². The number of hydrogen-bond acceptors (Lipinski definition) is 5. The van der Waals surface area contributed by atoms with Crippen molar-refractivity contribution in [2.75, 3.05) is 25.6 Å². The fourth-order valence-corrected chi connectivity index (χ4v) is 2.65. The smallest absolute Gasteiger partial charge is 0.308 e. The van der Waals surface area contributed by atoms with E-state index in [1.54, 1.807) is 36.4 Å². The molecule has 0 bridgehead atoms. The average Bonchev–Trinajstić information content (AvgIpc) is 2.72. The highest BCUT2D eigenvalue weighted by molar-refractivity contribution is 5.95. The standard InChI is InChI=1S/C23H28N2O5/c1-23(2,3)17-11-9-16(10-12-17)22(28)24-14-13-21(27)30-15-20(26)25-18-7-5-6-8-19(18)29-4/h5-12H,13-15H2,1-4H3,(H,24,28)(H,25,26). The molecule has 0 heterocycles. The fourth-order valence-electron chi connectivity index (χ4n) is 2.65. The molecule has 0 radical (unpaired) electrons. The number of para-hydroxylation sites is 2. The van der Waals surface area contributed by atoms with E-state index in [2.05, 4.69) is 31.4 Å². The zero-order chi connectivity index (χ0) is 22.1. The molecule has 0 aliphatic heterocycles. The minimum Gasteiger partial charge on any atom is -0.495 e. The van der Waals surface area contributed by atoms with Crippen molar-refractivity contribution in [1.29, 1.82) is 0 Å². The second-order valence-corrected chi connectivity index (χ2v) is 7.74. The summed E-state index contributed by atoms with van der Waals surface area (Å²) in [6, 6.07) is 14.3. The van der Waals surface area contributed by atoms with Crippen LogP contribution in [0.15, 0.2) is 48.5 Å². The summed E-state index contributed by atoms with van der Waals surface area (Å²) >= 11 is 0. The first-order valence-corrected chi connectivity index (χ1v) is 9.68. The molecular formula is C23H28N2O5. The number of methoxy groups -OCH3 is 1. The molecule has 2 aromatic carbocycles. The van der Waals surface area contributed by atoms with Crippen LogP contribution in [-0.4, -0.2) is 38.0 Å². The van der Waals surface area contributed by atoms with E-state index in [9.17, 15) is 14.4 Å². The van der Waals surface area contributed by atoms with E-state index in [4.69, 9.17) is 9.47 Å². The zero-order valence-corrected chi connectivity index (χ0v) is 17.8. The van der Waals surface area contributed by atoms with Crippen LogP contribution in [0, 0.1) is 0 Å². The van der Waals surface area contributed by atoms with E-state index in [0.717, 1.165) is 5.56 Å². The number of benzene rings is 2. The monoisotopic (exact) mass is 412 g/mol. The maximum Gasteiger partial charge on any atom is 0.308 e. The van der Waals surface area contributed by atoms with Crippen molar-refractivity contribution in [3.63, 3.8) is 0 Å². The fraction of sp³-hybridized carbons (Fsp3) is 0.348. The molecule has 0 aromatic heterocycles. The normalized spacial score (nSPS) is 10.8. The number of anilines is 1. The van der Waals surface area contributed by atoms with E-state index >= 15 is 0 Å². The third kappa shape index (κ3) is 6.92. The van der Waals surface area contributed by atoms with Crippen molar-refractivity contribution >= 4 is 23.5 Å². The van der Waals surface area contributed by atoms with E-state index in [-0.39, 0.29) is 24.3 Å². The molecule has 30 heavy (non-hydrogen) atoms. The van der Waals surface area contributed by atoms with Crippen LogP contribution in [-0.2, 0) is 19.7 Å². The molecule has 0 aliphatic carbocycles. The predicted molar refractivity (Wildman–Crippen MR) is 115 cm³/mol. The van der Waals surface area contributed by atoms with Gasteiger partial charge in [0.1, 0.15) is 5.75 Å². The number of ether oxygens (including phenoxy) is 2. The third-order valence-electron chi connectivity index (χ3n) is 4.37. The van der Waals surface area contributed by atoms with Gasteiger partial charge in [-0.1, -0.05) is 45.0 Å². The molecule has 0 unspecified atom stereocenters. The summed E-state index contributed by atoms with van der Waals surface area (Å²) in [5, 5.41) is 5.29. The SMILES string of the molecule is COc1ccccc1NC(=O)COC(=O)CCNC(=O)c1ccc(C(C)(C)C)cc1. The van der Waals surface area contributed by atoms with Crippen LogP contribution < -0.4 is 15.4 Å². The van der Waals surface area contributed by atoms with Gasteiger partial charge in [0.2, 0.25) is 0 Å². The highest BCUT2D eigenvalue weighted by Crippen LogP contribution is 2.23. The van der Waals surface area contributed by atoms with Crippen LogP contribution in [0.4, 0.5) is 5.69 Å². The van der Waals surface area contributed by atoms with Gasteiger partial charge in [0.25, 0.3) is 11.8 Å². The quantitative estimate of drug-likeness (QED) is 0.649. The van der Waals surface area contributed by atoms with E-state index in [0.29, 0.717) is 17.0 Å². The minimum atomic E-state index is -0.575. The van der Waals surface area contributed by atoms with Crippen molar-refractivity contribution in [3.05, 3.63) is 59.7 Å². The summed E-state index contributed by atoms with van der Waals surface area (Å²) in [6.45, 7) is 6.00. The summed E-state index contributed by atoms with van der Waals surface area (Å²) in [5.74, 6) is -0.808. The minimum absolute atomic E-state index is 0.0106. The molecule has 7 heteroatoms. The molecule has 2 rings (SSSR count). The van der Waals surface area contributed by atoms with Gasteiger partial charge >= 0.3 is 5.97 Å². The lowest BCUT2D eigenvalue weighted by atomic mass is 9.87. The Hall–Kier alpha value is -3.35. The Morgan fingerprint density at radius 1 is 0.967 bits per heavy atom. The van der Waals surface area contributed by atoms with E-state index in [1.807, 2.05) is 12.1 Å². The Morgan fingerprint density at radius 2 is 1.63 bits per heavy atom. The molecule has 160 valence electrons. The average molecular weight is 412 g/mol. The number of carbonyl (C=O) groups is 3. The van der Waals surface area contributed by atoms with Crippen LogP contribution in [0.1, 0.15) is 43.1 Å². The summed E-state index contributed by atoms with van der Waals surface area (Å²) in [5.41, 5.74) is 2.16. The summed E-state index contributed by atoms with van der Waals surface area (Å²) in [4.78, 5) is 35.9. The lowest BCUT2D eigenvalue weighted by molar-refractivity contribution is -0.147. The number of nitrogens with one attached hydrogen (secondary N) is 2. The van der Waals surface area contributed by atoms with Gasteiger partial charge in [0.15, 0.2) is 6.61 Å². The number of esters is 1. The lowest BCUT2D eigenvalue weighted by Crippen LogP contribution is -2.27. The zero-order valence-electron chi connectivity index (χ0n) is 17.8. The molecule has 2 amide bonds. The highest BCUT2D eigenvalue weighted by Gasteiger charge is 2.15. The topological polar surface area (TPSA) is 93.7 Å². The van der Waals surface area contributed by atoms with Crippen LogP contribution in [0.2, 0.25) is 0 Å². The lowest BCUT2D eigenvalue weighted by Gasteiger charge is -2.19. The molecule has 0 spiro atoms. The third-order valence-corrected chi connectivity index (χ3v) is 4.37. The second-order valence-electron chi connectivity index (χ2n) is 7.74. The molecule has 0 atom stereocenters. The van der Waals surface area contributed by atoms with E-state index < -0.39 is 18.5 Å². The summed E-state index contributed by atoms with van der Waals surface area (Å²) in [7, 11) is 1.50. The molecule has 0 saturated heterocycles. The largest absolute Gasteiger partial charge is 0.495 e. The Bertz CT molecular complexity index is 885. The number of carbonyl (C=O) groups excluding carboxylic acids is 3. The molecule has 0 aliphatic rings. The molecule has 7 nitrogen and oxygen atoms in total. The van der Waals surface area contributed by atoms with Crippen LogP contribution in [0.25, 0.3) is 0 Å². The van der Waals surface area contributed by atoms with Crippen molar-refractivity contribution in [2.45, 2.75) is 32.6 Å². The first kappa shape index (κ1) is 22.9. The maximum atomic E-state index is 12.2. The van der Waals surface area contributed by atoms with Crippen LogP contribution >= 0.6 is 0 Å². The van der Waals surface area contributed by atoms with Crippen molar-refractivity contribution in [1.82, 2.24) is 5.32 Å². The van der Waals surface area contributed by atoms with Crippen LogP contribution in [0.5, 0.6) is 5.75 Å². The molecule has 0 saturated carbocycles. The number of hydrogen-bond donors (Lipinski definition) is 2. The van der Waals surface area contributed by atoms with Crippen molar-refractivity contribution in [3.8, 4) is 5.75 Å². The molecule has 2 aromatic rings. The van der Waals surface area contributed by atoms with Gasteiger partial charge in [-0.25, -0.2) is 0 Å². The highest BCUT2D eigenvalue weighted by atomic mass is 16.5. The summed E-state index contributed by atoms with van der Waals surface area (Å²) in [6.07, 6.45) is -0.0340. The van der Waals surface area contributed by atoms with Crippen molar-refractivity contribution < 1.29 is 23.9 Å². The molecule has 2 N–H and O–H groups in total. The van der Waals surface area contributed by atoms with Gasteiger partial charge in [-0.15, -0.1) is 0 Å². The van der Waals surface area contributed by atoms with Gasteiger partial charge < -0.3 is 20.1 Å². The first-order chi connectivity index (χ1) is 14.2. The Kier molecular flexibility index (Phi) is 7.98. The van der Waals surface area contributed by atoms with Gasteiger partial charge in [0, 0.05) is 12.1 Å². The Morgan fingerprint density at radius 3 is 2.27 bits per heavy atom. The second kappa shape index (κ2) is 10.4. The molecule has 0 fully saturated rings. The maximum absolute atomic E-state index is 12.2. The van der Waals surface area contributed by atoms with Gasteiger partial charge in [0.05, 0.1) is 19.2 Å². The van der Waals surface area contributed by atoms with E-state index in [1.165, 1.54) is 7.11 Å². The van der Waals surface area contributed by atoms with Gasteiger partial charge in [-0.2, -0.15) is 0 Å². The number of amides is 2. The first-order valence-electron chi connectivity index (χ1n) is 9.68. The summed E-state index contributed by atoms with van der Waals surface area (Å²) < 4.78 is 10.1.